The Hall–Kier alpha value is -0.570. The highest BCUT2D eigenvalue weighted by Gasteiger charge is 1.95. The Labute approximate surface area is 62.4 Å². The molecule has 0 saturated heterocycles. The molecule has 0 spiro atoms. The molecule has 0 amide bonds. The van der Waals surface area contributed by atoms with Crippen molar-refractivity contribution in [2.45, 2.75) is 20.3 Å². The molecule has 1 N–H and O–H groups in total. The topological polar surface area (TPSA) is 33.6 Å². The number of hydrogen-bond donors (Lipinski definition) is 1. The minimum atomic E-state index is 0.658. The zero-order valence-electron chi connectivity index (χ0n) is 6.92. The molecule has 3 nitrogen and oxygen atoms in total. The van der Waals surface area contributed by atoms with Gasteiger partial charge < -0.3 is 4.84 Å². The second-order valence-electron chi connectivity index (χ2n) is 2.34. The van der Waals surface area contributed by atoms with Gasteiger partial charge in [-0.3, -0.25) is 4.99 Å². The first-order valence-corrected chi connectivity index (χ1v) is 3.60. The summed E-state index contributed by atoms with van der Waals surface area (Å²) in [4.78, 5) is 8.46. The molecule has 1 unspecified atom stereocenters. The molecule has 0 fully saturated rings. The van der Waals surface area contributed by atoms with Crippen molar-refractivity contribution in [3.8, 4) is 0 Å². The van der Waals surface area contributed by atoms with Crippen molar-refractivity contribution in [3.05, 3.63) is 0 Å². The highest BCUT2D eigenvalue weighted by atomic mass is 16.6. The van der Waals surface area contributed by atoms with Crippen LogP contribution in [0.2, 0.25) is 0 Å². The molecule has 0 aliphatic heterocycles. The summed E-state index contributed by atoms with van der Waals surface area (Å²) < 4.78 is 0. The zero-order valence-corrected chi connectivity index (χ0v) is 6.92. The van der Waals surface area contributed by atoms with Crippen LogP contribution in [0.3, 0.4) is 0 Å². The van der Waals surface area contributed by atoms with E-state index in [2.05, 4.69) is 24.3 Å². The lowest BCUT2D eigenvalue weighted by atomic mass is 10.1. The lowest BCUT2D eigenvalue weighted by Gasteiger charge is -2.07. The maximum atomic E-state index is 4.81. The van der Waals surface area contributed by atoms with E-state index in [0.29, 0.717) is 5.92 Å². The maximum absolute atomic E-state index is 4.81. The molecule has 0 aromatic heterocycles. The van der Waals surface area contributed by atoms with Crippen LogP contribution in [0.1, 0.15) is 20.3 Å². The molecule has 0 radical (unpaired) electrons. The first-order valence-electron chi connectivity index (χ1n) is 3.60. The normalized spacial score (nSPS) is 13.9. The van der Waals surface area contributed by atoms with Crippen LogP contribution in [0.5, 0.6) is 0 Å². The van der Waals surface area contributed by atoms with Crippen LogP contribution in [0.15, 0.2) is 4.99 Å². The molecule has 0 aliphatic carbocycles. The van der Waals surface area contributed by atoms with Gasteiger partial charge in [-0.1, -0.05) is 20.3 Å². The molecule has 1 atom stereocenters. The fourth-order valence-electron chi connectivity index (χ4n) is 0.425. The summed E-state index contributed by atoms with van der Waals surface area (Å²) in [6.07, 6.45) is 2.56. The van der Waals surface area contributed by atoms with Gasteiger partial charge in [-0.15, -0.1) is 0 Å². The molecule has 0 rings (SSSR count). The van der Waals surface area contributed by atoms with Gasteiger partial charge in [0.05, 0.1) is 0 Å². The summed E-state index contributed by atoms with van der Waals surface area (Å²) in [5.41, 5.74) is 2.79. The Morgan fingerprint density at radius 2 is 2.40 bits per heavy atom. The van der Waals surface area contributed by atoms with Gasteiger partial charge in [0, 0.05) is 13.6 Å². The van der Waals surface area contributed by atoms with Crippen LogP contribution >= 0.6 is 0 Å². The van der Waals surface area contributed by atoms with E-state index in [1.165, 1.54) is 12.8 Å². The summed E-state index contributed by atoms with van der Waals surface area (Å²) in [6, 6.07) is 0. The maximum Gasteiger partial charge on any atom is 0.196 e. The third-order valence-electron chi connectivity index (χ3n) is 1.37. The van der Waals surface area contributed by atoms with Gasteiger partial charge in [-0.25, -0.2) is 0 Å². The Morgan fingerprint density at radius 1 is 1.70 bits per heavy atom. The van der Waals surface area contributed by atoms with Crippen molar-refractivity contribution < 1.29 is 4.84 Å². The molecular weight excluding hydrogens is 128 g/mol. The molecule has 10 heavy (non-hydrogen) atoms. The molecule has 3 heteroatoms. The summed E-state index contributed by atoms with van der Waals surface area (Å²) >= 11 is 0. The van der Waals surface area contributed by atoms with Crippen molar-refractivity contribution in [2.24, 2.45) is 10.9 Å². The standard InChI is InChI=1S/C7H16N2O/c1-4-7(2)5-9-10-6-8-3/h6-7,9H,4-5H2,1-3H3. The molecule has 0 aromatic carbocycles. The fraction of sp³-hybridized carbons (Fsp3) is 0.857. The number of nitrogens with zero attached hydrogens (tertiary/aromatic N) is 1. The lowest BCUT2D eigenvalue weighted by Crippen LogP contribution is -2.20. The van der Waals surface area contributed by atoms with Crippen LogP contribution in [0, 0.1) is 5.92 Å². The number of hydrogen-bond acceptors (Lipinski definition) is 3. The Kier molecular flexibility index (Phi) is 6.18. The van der Waals surface area contributed by atoms with Gasteiger partial charge in [0.1, 0.15) is 0 Å². The van der Waals surface area contributed by atoms with Crippen LogP contribution in [-0.4, -0.2) is 20.0 Å². The average Bonchev–Trinajstić information content (AvgIpc) is 1.98. The molecule has 0 bridgehead atoms. The Balaban J connectivity index is 3.03. The van der Waals surface area contributed by atoms with Gasteiger partial charge >= 0.3 is 0 Å². The van der Waals surface area contributed by atoms with E-state index >= 15 is 0 Å². The minimum absolute atomic E-state index is 0.658. The van der Waals surface area contributed by atoms with Crippen molar-refractivity contribution in [1.29, 1.82) is 0 Å². The first kappa shape index (κ1) is 9.43. The van der Waals surface area contributed by atoms with Crippen molar-refractivity contribution >= 4 is 6.40 Å². The van der Waals surface area contributed by atoms with Gasteiger partial charge in [0.2, 0.25) is 0 Å². The monoisotopic (exact) mass is 144 g/mol. The fourth-order valence-corrected chi connectivity index (χ4v) is 0.425. The van der Waals surface area contributed by atoms with E-state index in [1.54, 1.807) is 7.05 Å². The summed E-state index contributed by atoms with van der Waals surface area (Å²) in [6.45, 7) is 5.20. The second kappa shape index (κ2) is 6.55. The second-order valence-corrected chi connectivity index (χ2v) is 2.34. The third-order valence-corrected chi connectivity index (χ3v) is 1.37. The van der Waals surface area contributed by atoms with Gasteiger partial charge in [-0.2, -0.15) is 5.48 Å². The van der Waals surface area contributed by atoms with E-state index in [-0.39, 0.29) is 0 Å². The number of aliphatic imine (C=N–C) groups is 1. The Morgan fingerprint density at radius 3 is 2.90 bits per heavy atom. The molecular formula is C7H16N2O. The third kappa shape index (κ3) is 5.56. The summed E-state index contributed by atoms with van der Waals surface area (Å²) in [5.74, 6) is 0.658. The quantitative estimate of drug-likeness (QED) is 0.272. The molecule has 0 heterocycles. The van der Waals surface area contributed by atoms with Gasteiger partial charge in [0.15, 0.2) is 6.40 Å². The largest absolute Gasteiger partial charge is 0.397 e. The van der Waals surface area contributed by atoms with E-state index in [0.717, 1.165) is 6.54 Å². The average molecular weight is 144 g/mol. The molecule has 0 aliphatic rings. The lowest BCUT2D eigenvalue weighted by molar-refractivity contribution is 0.175. The molecule has 0 saturated carbocycles. The predicted octanol–water partition coefficient (Wildman–Crippen LogP) is 1.21. The smallest absolute Gasteiger partial charge is 0.196 e. The minimum Gasteiger partial charge on any atom is -0.397 e. The van der Waals surface area contributed by atoms with E-state index in [9.17, 15) is 0 Å². The molecule has 0 aromatic rings. The predicted molar refractivity (Wildman–Crippen MR) is 43.0 cm³/mol. The first-order chi connectivity index (χ1) is 4.81. The van der Waals surface area contributed by atoms with Crippen LogP contribution in [-0.2, 0) is 4.84 Å². The van der Waals surface area contributed by atoms with Crippen molar-refractivity contribution in [2.75, 3.05) is 13.6 Å². The number of rotatable bonds is 5. The summed E-state index contributed by atoms with van der Waals surface area (Å²) in [5, 5.41) is 0. The zero-order chi connectivity index (χ0) is 7.82. The van der Waals surface area contributed by atoms with Gasteiger partial charge in [-0.05, 0) is 5.92 Å². The number of nitrogens with one attached hydrogen (secondary N) is 1. The highest BCUT2D eigenvalue weighted by Crippen LogP contribution is 1.96. The number of hydroxylamine groups is 1. The highest BCUT2D eigenvalue weighted by molar-refractivity contribution is 5.45. The Bertz CT molecular complexity index is 93.6. The summed E-state index contributed by atoms with van der Waals surface area (Å²) in [7, 11) is 1.67. The SMILES string of the molecule is CCC(C)CNOC=NC. The van der Waals surface area contributed by atoms with E-state index in [4.69, 9.17) is 4.84 Å². The van der Waals surface area contributed by atoms with E-state index in [1.807, 2.05) is 0 Å². The van der Waals surface area contributed by atoms with Gasteiger partial charge in [0.25, 0.3) is 0 Å². The van der Waals surface area contributed by atoms with Crippen molar-refractivity contribution in [3.63, 3.8) is 0 Å². The van der Waals surface area contributed by atoms with Crippen LogP contribution in [0.4, 0.5) is 0 Å². The van der Waals surface area contributed by atoms with Crippen LogP contribution in [0.25, 0.3) is 0 Å². The molecule has 60 valence electrons. The van der Waals surface area contributed by atoms with Crippen molar-refractivity contribution in [1.82, 2.24) is 5.48 Å². The van der Waals surface area contributed by atoms with E-state index < -0.39 is 0 Å². The van der Waals surface area contributed by atoms with Crippen LogP contribution < -0.4 is 5.48 Å².